The number of ether oxygens (including phenoxy) is 1. The number of hydrogen-bond donors (Lipinski definition) is 0. The average molecular weight is 189 g/mol. The van der Waals surface area contributed by atoms with Crippen molar-refractivity contribution in [2.24, 2.45) is 0 Å². The lowest BCUT2D eigenvalue weighted by molar-refractivity contribution is -0.148. The smallest absolute Gasteiger partial charge is 0.326 e. The molecular weight excluding hydrogens is 173 g/mol. The summed E-state index contributed by atoms with van der Waals surface area (Å²) in [6.07, 6.45) is -0.646. The van der Waals surface area contributed by atoms with Crippen molar-refractivity contribution in [3.05, 3.63) is 0 Å². The van der Waals surface area contributed by atoms with Crippen LogP contribution in [0.15, 0.2) is 0 Å². The Balaban J connectivity index is 2.71. The minimum absolute atomic E-state index is 0.185. The van der Waals surface area contributed by atoms with E-state index < -0.39 is 18.2 Å². The number of esters is 1. The Morgan fingerprint density at radius 2 is 2.23 bits per heavy atom. The molecule has 0 aromatic heterocycles. The maximum Gasteiger partial charge on any atom is 0.326 e. The SMILES string of the molecule is COC(=O)[C@@H]1[C@@H](F)CCN1C(C)C. The maximum atomic E-state index is 13.3. The summed E-state index contributed by atoms with van der Waals surface area (Å²) in [5, 5.41) is 0. The van der Waals surface area contributed by atoms with Crippen molar-refractivity contribution in [3.8, 4) is 0 Å². The quantitative estimate of drug-likeness (QED) is 0.606. The lowest BCUT2D eigenvalue weighted by Gasteiger charge is -2.26. The largest absolute Gasteiger partial charge is 0.468 e. The van der Waals surface area contributed by atoms with Gasteiger partial charge < -0.3 is 4.74 Å². The van der Waals surface area contributed by atoms with E-state index >= 15 is 0 Å². The number of likely N-dealkylation sites (tertiary alicyclic amines) is 1. The number of carbonyl (C=O) groups excluding carboxylic acids is 1. The summed E-state index contributed by atoms with van der Waals surface area (Å²) in [5.74, 6) is -0.460. The third kappa shape index (κ3) is 1.99. The number of rotatable bonds is 2. The molecule has 76 valence electrons. The summed E-state index contributed by atoms with van der Waals surface area (Å²) < 4.78 is 17.9. The van der Waals surface area contributed by atoms with Gasteiger partial charge in [0.1, 0.15) is 12.2 Å². The first-order valence-corrected chi connectivity index (χ1v) is 4.55. The van der Waals surface area contributed by atoms with Gasteiger partial charge in [-0.2, -0.15) is 0 Å². The van der Waals surface area contributed by atoms with Crippen LogP contribution in [-0.4, -0.2) is 42.8 Å². The van der Waals surface area contributed by atoms with E-state index in [2.05, 4.69) is 4.74 Å². The second-order valence-electron chi connectivity index (χ2n) is 3.60. The third-order valence-electron chi connectivity index (χ3n) is 2.47. The van der Waals surface area contributed by atoms with Gasteiger partial charge in [-0.25, -0.2) is 4.39 Å². The van der Waals surface area contributed by atoms with Crippen molar-refractivity contribution in [2.75, 3.05) is 13.7 Å². The molecule has 0 unspecified atom stereocenters. The minimum Gasteiger partial charge on any atom is -0.468 e. The molecule has 1 aliphatic heterocycles. The van der Waals surface area contributed by atoms with Gasteiger partial charge in [-0.1, -0.05) is 0 Å². The van der Waals surface area contributed by atoms with Gasteiger partial charge >= 0.3 is 5.97 Å². The van der Waals surface area contributed by atoms with Gasteiger partial charge in [0.15, 0.2) is 0 Å². The molecule has 0 aromatic carbocycles. The zero-order valence-corrected chi connectivity index (χ0v) is 8.29. The van der Waals surface area contributed by atoms with E-state index in [1.165, 1.54) is 7.11 Å². The number of methoxy groups -OCH3 is 1. The van der Waals surface area contributed by atoms with Gasteiger partial charge in [-0.3, -0.25) is 9.69 Å². The van der Waals surface area contributed by atoms with E-state index in [0.29, 0.717) is 13.0 Å². The highest BCUT2D eigenvalue weighted by atomic mass is 19.1. The van der Waals surface area contributed by atoms with Crippen LogP contribution in [0, 0.1) is 0 Å². The minimum atomic E-state index is -1.07. The van der Waals surface area contributed by atoms with Crippen molar-refractivity contribution < 1.29 is 13.9 Å². The van der Waals surface area contributed by atoms with Gasteiger partial charge in [-0.15, -0.1) is 0 Å². The molecule has 1 rings (SSSR count). The van der Waals surface area contributed by atoms with Crippen LogP contribution in [-0.2, 0) is 9.53 Å². The lowest BCUT2D eigenvalue weighted by atomic mass is 10.2. The van der Waals surface area contributed by atoms with Gasteiger partial charge in [0.2, 0.25) is 0 Å². The number of nitrogens with zero attached hydrogens (tertiary/aromatic N) is 1. The normalized spacial score (nSPS) is 29.6. The Bertz CT molecular complexity index is 196. The first-order valence-electron chi connectivity index (χ1n) is 4.55. The maximum absolute atomic E-state index is 13.3. The Kier molecular flexibility index (Phi) is 3.25. The third-order valence-corrected chi connectivity index (χ3v) is 2.47. The summed E-state index contributed by atoms with van der Waals surface area (Å²) in [4.78, 5) is 13.1. The molecule has 0 N–H and O–H groups in total. The van der Waals surface area contributed by atoms with E-state index in [-0.39, 0.29) is 6.04 Å². The molecule has 0 radical (unpaired) electrons. The fourth-order valence-corrected chi connectivity index (χ4v) is 1.76. The first-order chi connectivity index (χ1) is 6.07. The van der Waals surface area contributed by atoms with E-state index in [9.17, 15) is 9.18 Å². The highest BCUT2D eigenvalue weighted by Crippen LogP contribution is 2.23. The molecule has 1 fully saturated rings. The van der Waals surface area contributed by atoms with E-state index in [0.717, 1.165) is 0 Å². The zero-order chi connectivity index (χ0) is 10.0. The van der Waals surface area contributed by atoms with E-state index in [1.54, 1.807) is 0 Å². The van der Waals surface area contributed by atoms with Crippen molar-refractivity contribution in [2.45, 2.75) is 38.5 Å². The Labute approximate surface area is 77.9 Å². The molecule has 0 aromatic rings. The van der Waals surface area contributed by atoms with Crippen molar-refractivity contribution in [1.82, 2.24) is 4.90 Å². The molecule has 0 amide bonds. The number of alkyl halides is 1. The van der Waals surface area contributed by atoms with Gasteiger partial charge in [0, 0.05) is 12.6 Å². The number of carbonyl (C=O) groups is 1. The predicted molar refractivity (Wildman–Crippen MR) is 47.2 cm³/mol. The fourth-order valence-electron chi connectivity index (χ4n) is 1.76. The Morgan fingerprint density at radius 3 is 2.69 bits per heavy atom. The predicted octanol–water partition coefficient (Wildman–Crippen LogP) is 0.980. The molecule has 13 heavy (non-hydrogen) atoms. The van der Waals surface area contributed by atoms with Crippen LogP contribution in [0.2, 0.25) is 0 Å². The number of halogens is 1. The van der Waals surface area contributed by atoms with Crippen molar-refractivity contribution in [1.29, 1.82) is 0 Å². The van der Waals surface area contributed by atoms with Gasteiger partial charge in [0.25, 0.3) is 0 Å². The Morgan fingerprint density at radius 1 is 1.62 bits per heavy atom. The monoisotopic (exact) mass is 189 g/mol. The average Bonchev–Trinajstić information content (AvgIpc) is 2.46. The van der Waals surface area contributed by atoms with Crippen LogP contribution in [0.3, 0.4) is 0 Å². The lowest BCUT2D eigenvalue weighted by Crippen LogP contribution is -2.44. The summed E-state index contributed by atoms with van der Waals surface area (Å²) >= 11 is 0. The fraction of sp³-hybridized carbons (Fsp3) is 0.889. The van der Waals surface area contributed by atoms with Gasteiger partial charge in [0.05, 0.1) is 7.11 Å². The summed E-state index contributed by atoms with van der Waals surface area (Å²) in [7, 11) is 1.30. The van der Waals surface area contributed by atoms with Crippen LogP contribution in [0.1, 0.15) is 20.3 Å². The molecule has 0 saturated carbocycles. The Hall–Kier alpha value is -0.640. The second kappa shape index (κ2) is 4.05. The van der Waals surface area contributed by atoms with Crippen molar-refractivity contribution >= 4 is 5.97 Å². The molecule has 0 bridgehead atoms. The van der Waals surface area contributed by atoms with Crippen LogP contribution in [0.25, 0.3) is 0 Å². The molecule has 0 spiro atoms. The van der Waals surface area contributed by atoms with E-state index in [1.807, 2.05) is 18.7 Å². The van der Waals surface area contributed by atoms with Gasteiger partial charge in [-0.05, 0) is 20.3 Å². The van der Waals surface area contributed by atoms with Crippen molar-refractivity contribution in [3.63, 3.8) is 0 Å². The number of hydrogen-bond acceptors (Lipinski definition) is 3. The van der Waals surface area contributed by atoms with Crippen LogP contribution in [0.4, 0.5) is 4.39 Å². The zero-order valence-electron chi connectivity index (χ0n) is 8.29. The molecule has 1 saturated heterocycles. The second-order valence-corrected chi connectivity index (χ2v) is 3.60. The summed E-state index contributed by atoms with van der Waals surface area (Å²) in [6, 6.07) is -0.505. The molecule has 4 heteroatoms. The molecule has 0 aliphatic carbocycles. The molecule has 2 atom stereocenters. The molecular formula is C9H16FNO2. The highest BCUT2D eigenvalue weighted by Gasteiger charge is 2.41. The van der Waals surface area contributed by atoms with E-state index in [4.69, 9.17) is 0 Å². The standard InChI is InChI=1S/C9H16FNO2/c1-6(2)11-5-4-7(10)8(11)9(12)13-3/h6-8H,4-5H2,1-3H3/t7-,8-/m0/s1. The van der Waals surface area contributed by atoms with Crippen LogP contribution < -0.4 is 0 Å². The van der Waals surface area contributed by atoms with Crippen LogP contribution >= 0.6 is 0 Å². The molecule has 1 aliphatic rings. The summed E-state index contributed by atoms with van der Waals surface area (Å²) in [5.41, 5.74) is 0. The molecule has 3 nitrogen and oxygen atoms in total. The first kappa shape index (κ1) is 10.4. The van der Waals surface area contributed by atoms with Crippen LogP contribution in [0.5, 0.6) is 0 Å². The molecule has 1 heterocycles. The summed E-state index contributed by atoms with van der Waals surface area (Å²) in [6.45, 7) is 4.54. The topological polar surface area (TPSA) is 29.5 Å². The highest BCUT2D eigenvalue weighted by molar-refractivity contribution is 5.76.